The van der Waals surface area contributed by atoms with E-state index in [9.17, 15) is 4.79 Å². The quantitative estimate of drug-likeness (QED) is 0.552. The van der Waals surface area contributed by atoms with Crippen LogP contribution in [0.1, 0.15) is 35.6 Å². The Labute approximate surface area is 172 Å². The number of aromatic nitrogens is 2. The maximum absolute atomic E-state index is 12.8. The van der Waals surface area contributed by atoms with Crippen LogP contribution in [-0.4, -0.2) is 30.1 Å². The zero-order valence-electron chi connectivity index (χ0n) is 16.0. The maximum atomic E-state index is 12.8. The first kappa shape index (κ1) is 19.9. The van der Waals surface area contributed by atoms with E-state index in [1.165, 1.54) is 0 Å². The summed E-state index contributed by atoms with van der Waals surface area (Å²) in [5.41, 5.74) is 2.41. The Morgan fingerprint density at radius 3 is 2.39 bits per heavy atom. The minimum absolute atomic E-state index is 0.228. The van der Waals surface area contributed by atoms with Crippen LogP contribution in [0.5, 0.6) is 11.5 Å². The Morgan fingerprint density at radius 1 is 1.18 bits per heavy atom. The zero-order chi connectivity index (χ0) is 20.1. The number of ether oxygens (including phenoxy) is 2. The lowest BCUT2D eigenvalue weighted by molar-refractivity contribution is 0.0933. The highest BCUT2D eigenvalue weighted by Gasteiger charge is 2.20. The summed E-state index contributed by atoms with van der Waals surface area (Å²) in [5, 5.41) is 3.03. The highest BCUT2D eigenvalue weighted by Crippen LogP contribution is 2.35. The SMILES string of the molecule is CCC(NC(=O)c1cc(OC)c(Br)c(OC)c1)c1ncc(-c2ccccc2)[nH]1. The average molecular weight is 444 g/mol. The molecule has 0 aliphatic carbocycles. The van der Waals surface area contributed by atoms with Gasteiger partial charge in [-0.1, -0.05) is 37.3 Å². The molecule has 0 radical (unpaired) electrons. The molecular weight excluding hydrogens is 422 g/mol. The summed E-state index contributed by atoms with van der Waals surface area (Å²) in [6.07, 6.45) is 2.48. The van der Waals surface area contributed by atoms with Crippen LogP contribution in [0.25, 0.3) is 11.3 Å². The van der Waals surface area contributed by atoms with Gasteiger partial charge in [0.1, 0.15) is 21.8 Å². The van der Waals surface area contributed by atoms with E-state index in [2.05, 4.69) is 31.2 Å². The lowest BCUT2D eigenvalue weighted by Gasteiger charge is -2.16. The fourth-order valence-corrected chi connectivity index (χ4v) is 3.44. The van der Waals surface area contributed by atoms with Crippen LogP contribution < -0.4 is 14.8 Å². The molecule has 0 saturated heterocycles. The number of methoxy groups -OCH3 is 2. The van der Waals surface area contributed by atoms with Gasteiger partial charge < -0.3 is 19.8 Å². The van der Waals surface area contributed by atoms with Gasteiger partial charge in [-0.05, 0) is 40.0 Å². The van der Waals surface area contributed by atoms with Gasteiger partial charge in [0.2, 0.25) is 0 Å². The van der Waals surface area contributed by atoms with Crippen molar-refractivity contribution in [1.82, 2.24) is 15.3 Å². The normalized spacial score (nSPS) is 11.7. The summed E-state index contributed by atoms with van der Waals surface area (Å²) in [4.78, 5) is 20.6. The van der Waals surface area contributed by atoms with Gasteiger partial charge in [0, 0.05) is 5.56 Å². The number of nitrogens with one attached hydrogen (secondary N) is 2. The van der Waals surface area contributed by atoms with Crippen molar-refractivity contribution in [2.24, 2.45) is 0 Å². The summed E-state index contributed by atoms with van der Waals surface area (Å²) in [5.74, 6) is 1.54. The molecule has 0 bridgehead atoms. The van der Waals surface area contributed by atoms with Crippen molar-refractivity contribution >= 4 is 21.8 Å². The highest BCUT2D eigenvalue weighted by molar-refractivity contribution is 9.10. The molecule has 1 atom stereocenters. The number of benzene rings is 2. The van der Waals surface area contributed by atoms with Crippen LogP contribution in [0.2, 0.25) is 0 Å². The van der Waals surface area contributed by atoms with E-state index in [-0.39, 0.29) is 11.9 Å². The Bertz CT molecular complexity index is 932. The molecule has 146 valence electrons. The molecule has 1 amide bonds. The fraction of sp³-hybridized carbons (Fsp3) is 0.238. The minimum Gasteiger partial charge on any atom is -0.495 e. The average Bonchev–Trinajstić information content (AvgIpc) is 3.22. The third-order valence-electron chi connectivity index (χ3n) is 4.43. The molecule has 2 N–H and O–H groups in total. The summed E-state index contributed by atoms with van der Waals surface area (Å²) in [6.45, 7) is 2.00. The van der Waals surface area contributed by atoms with E-state index >= 15 is 0 Å². The van der Waals surface area contributed by atoms with Gasteiger partial charge in [-0.25, -0.2) is 4.98 Å². The number of rotatable bonds is 7. The van der Waals surface area contributed by atoms with E-state index in [0.717, 1.165) is 11.3 Å². The minimum atomic E-state index is -0.245. The van der Waals surface area contributed by atoms with E-state index in [4.69, 9.17) is 9.47 Å². The smallest absolute Gasteiger partial charge is 0.252 e. The van der Waals surface area contributed by atoms with Crippen LogP contribution >= 0.6 is 15.9 Å². The molecular formula is C21H22BrN3O3. The van der Waals surface area contributed by atoms with Gasteiger partial charge in [-0.3, -0.25) is 4.79 Å². The molecule has 2 aromatic carbocycles. The number of halogens is 1. The Kier molecular flexibility index (Phi) is 6.36. The Hall–Kier alpha value is -2.80. The fourth-order valence-electron chi connectivity index (χ4n) is 2.88. The van der Waals surface area contributed by atoms with Gasteiger partial charge in [-0.15, -0.1) is 0 Å². The first-order chi connectivity index (χ1) is 13.6. The van der Waals surface area contributed by atoms with E-state index < -0.39 is 0 Å². The second-order valence-electron chi connectivity index (χ2n) is 6.18. The van der Waals surface area contributed by atoms with Crippen LogP contribution in [0, 0.1) is 0 Å². The van der Waals surface area contributed by atoms with Gasteiger partial charge >= 0.3 is 0 Å². The highest BCUT2D eigenvalue weighted by atomic mass is 79.9. The van der Waals surface area contributed by atoms with Gasteiger partial charge in [0.25, 0.3) is 5.91 Å². The molecule has 3 aromatic rings. The van der Waals surface area contributed by atoms with E-state index in [1.807, 2.05) is 37.3 Å². The molecule has 1 heterocycles. The van der Waals surface area contributed by atoms with E-state index in [0.29, 0.717) is 33.8 Å². The largest absolute Gasteiger partial charge is 0.495 e. The molecule has 0 fully saturated rings. The first-order valence-electron chi connectivity index (χ1n) is 8.90. The van der Waals surface area contributed by atoms with E-state index in [1.54, 1.807) is 32.5 Å². The van der Waals surface area contributed by atoms with Crippen molar-refractivity contribution in [1.29, 1.82) is 0 Å². The number of amides is 1. The van der Waals surface area contributed by atoms with Gasteiger partial charge in [0.05, 0.1) is 32.2 Å². The molecule has 0 saturated carbocycles. The lowest BCUT2D eigenvalue weighted by Crippen LogP contribution is -2.29. The third-order valence-corrected chi connectivity index (χ3v) is 5.21. The van der Waals surface area contributed by atoms with Crippen LogP contribution in [0.4, 0.5) is 0 Å². The van der Waals surface area contributed by atoms with Crippen molar-refractivity contribution in [3.8, 4) is 22.8 Å². The van der Waals surface area contributed by atoms with Crippen molar-refractivity contribution in [2.75, 3.05) is 14.2 Å². The number of aromatic amines is 1. The second-order valence-corrected chi connectivity index (χ2v) is 6.97. The summed E-state index contributed by atoms with van der Waals surface area (Å²) >= 11 is 3.41. The number of nitrogens with zero attached hydrogens (tertiary/aromatic N) is 1. The van der Waals surface area contributed by atoms with Crippen LogP contribution in [-0.2, 0) is 0 Å². The van der Waals surface area contributed by atoms with Crippen LogP contribution in [0.15, 0.2) is 53.1 Å². The predicted molar refractivity (Wildman–Crippen MR) is 112 cm³/mol. The molecule has 0 aliphatic rings. The number of imidazole rings is 1. The molecule has 28 heavy (non-hydrogen) atoms. The molecule has 1 unspecified atom stereocenters. The van der Waals surface area contributed by atoms with Gasteiger partial charge in [-0.2, -0.15) is 0 Å². The molecule has 3 rings (SSSR count). The molecule has 1 aromatic heterocycles. The zero-order valence-corrected chi connectivity index (χ0v) is 17.5. The Morgan fingerprint density at radius 2 is 1.82 bits per heavy atom. The predicted octanol–water partition coefficient (Wildman–Crippen LogP) is 4.74. The maximum Gasteiger partial charge on any atom is 0.252 e. The molecule has 0 spiro atoms. The second kappa shape index (κ2) is 8.93. The number of hydrogen-bond acceptors (Lipinski definition) is 4. The summed E-state index contributed by atoms with van der Waals surface area (Å²) in [6, 6.07) is 13.0. The number of H-pyrrole nitrogens is 1. The van der Waals surface area contributed by atoms with Crippen molar-refractivity contribution in [3.63, 3.8) is 0 Å². The topological polar surface area (TPSA) is 76.2 Å². The first-order valence-corrected chi connectivity index (χ1v) is 9.69. The third kappa shape index (κ3) is 4.20. The summed E-state index contributed by atoms with van der Waals surface area (Å²) in [7, 11) is 3.09. The molecule has 6 nitrogen and oxygen atoms in total. The lowest BCUT2D eigenvalue weighted by atomic mass is 10.1. The standard InChI is InChI=1S/C21H22BrN3O3/c1-4-15(20-23-12-16(24-20)13-8-6-5-7-9-13)25-21(26)14-10-17(27-2)19(22)18(11-14)28-3/h5-12,15H,4H2,1-3H3,(H,23,24)(H,25,26). The molecule has 7 heteroatoms. The number of hydrogen-bond donors (Lipinski definition) is 2. The van der Waals surface area contributed by atoms with Crippen molar-refractivity contribution in [2.45, 2.75) is 19.4 Å². The summed E-state index contributed by atoms with van der Waals surface area (Å²) < 4.78 is 11.3. The number of carbonyl (C=O) groups is 1. The molecule has 0 aliphatic heterocycles. The van der Waals surface area contributed by atoms with Crippen molar-refractivity contribution < 1.29 is 14.3 Å². The van der Waals surface area contributed by atoms with Crippen LogP contribution in [0.3, 0.4) is 0 Å². The number of carbonyl (C=O) groups excluding carboxylic acids is 1. The Balaban J connectivity index is 1.82. The van der Waals surface area contributed by atoms with Crippen molar-refractivity contribution in [3.05, 3.63) is 64.5 Å². The van der Waals surface area contributed by atoms with Gasteiger partial charge in [0.15, 0.2) is 0 Å². The monoisotopic (exact) mass is 443 g/mol.